The second-order valence-electron chi connectivity index (χ2n) is 3.08. The highest BCUT2D eigenvalue weighted by Crippen LogP contribution is 2.04. The van der Waals surface area contributed by atoms with Crippen molar-refractivity contribution < 1.29 is 9.59 Å². The van der Waals surface area contributed by atoms with Crippen molar-refractivity contribution in [3.8, 4) is 0 Å². The highest BCUT2D eigenvalue weighted by atomic mass is 16.2. The first kappa shape index (κ1) is 8.68. The number of urea groups is 1. The van der Waals surface area contributed by atoms with Gasteiger partial charge in [0.2, 0.25) is 0 Å². The predicted octanol–water partition coefficient (Wildman–Crippen LogP) is -0.168. The van der Waals surface area contributed by atoms with Crippen LogP contribution in [0, 0.1) is 0 Å². The first-order chi connectivity index (χ1) is 6.75. The van der Waals surface area contributed by atoms with Gasteiger partial charge in [0.05, 0.1) is 0 Å². The Morgan fingerprint density at radius 3 is 2.86 bits per heavy atom. The van der Waals surface area contributed by atoms with E-state index >= 15 is 0 Å². The van der Waals surface area contributed by atoms with Gasteiger partial charge in [-0.1, -0.05) is 6.07 Å². The topological polar surface area (TPSA) is 71.1 Å². The van der Waals surface area contributed by atoms with E-state index in [4.69, 9.17) is 0 Å². The number of pyridine rings is 1. The van der Waals surface area contributed by atoms with Gasteiger partial charge in [-0.05, 0) is 11.6 Å². The number of hydrogen-bond acceptors (Lipinski definition) is 3. The van der Waals surface area contributed by atoms with E-state index in [2.05, 4.69) is 15.6 Å². The standard InChI is InChI=1S/C9H9N3O2/c13-8-7(11-9(14)12-8)4-6-2-1-3-10-5-6/h1-3,5,7H,4H2,(H2,11,12,13,14). The van der Waals surface area contributed by atoms with Crippen molar-refractivity contribution in [3.05, 3.63) is 30.1 Å². The second kappa shape index (κ2) is 3.45. The van der Waals surface area contributed by atoms with Gasteiger partial charge in [0.1, 0.15) is 6.04 Å². The zero-order valence-corrected chi connectivity index (χ0v) is 7.36. The predicted molar refractivity (Wildman–Crippen MR) is 48.4 cm³/mol. The average molecular weight is 191 g/mol. The second-order valence-corrected chi connectivity index (χ2v) is 3.08. The fourth-order valence-electron chi connectivity index (χ4n) is 1.36. The van der Waals surface area contributed by atoms with Gasteiger partial charge in [0, 0.05) is 18.8 Å². The first-order valence-electron chi connectivity index (χ1n) is 4.26. The van der Waals surface area contributed by atoms with Crippen LogP contribution in [0.3, 0.4) is 0 Å². The molecule has 3 amide bonds. The number of amides is 3. The molecule has 72 valence electrons. The van der Waals surface area contributed by atoms with E-state index in [1.165, 1.54) is 0 Å². The number of rotatable bonds is 2. The molecule has 1 aliphatic heterocycles. The molecule has 5 nitrogen and oxygen atoms in total. The quantitative estimate of drug-likeness (QED) is 0.638. The van der Waals surface area contributed by atoms with E-state index in [1.807, 2.05) is 6.07 Å². The van der Waals surface area contributed by atoms with Crippen molar-refractivity contribution in [2.75, 3.05) is 0 Å². The number of nitrogens with one attached hydrogen (secondary N) is 2. The van der Waals surface area contributed by atoms with E-state index in [1.54, 1.807) is 18.5 Å². The van der Waals surface area contributed by atoms with Gasteiger partial charge in [-0.15, -0.1) is 0 Å². The molecule has 2 N–H and O–H groups in total. The largest absolute Gasteiger partial charge is 0.326 e. The summed E-state index contributed by atoms with van der Waals surface area (Å²) in [5, 5.41) is 4.70. The SMILES string of the molecule is O=C1NC(=O)C(Cc2cccnc2)N1. The molecule has 0 spiro atoms. The fraction of sp³-hybridized carbons (Fsp3) is 0.222. The summed E-state index contributed by atoms with van der Waals surface area (Å²) < 4.78 is 0. The number of carbonyl (C=O) groups excluding carboxylic acids is 2. The molecule has 0 bridgehead atoms. The van der Waals surface area contributed by atoms with Gasteiger partial charge >= 0.3 is 6.03 Å². The summed E-state index contributed by atoms with van der Waals surface area (Å²) in [5.74, 6) is -0.279. The Hall–Kier alpha value is -1.91. The van der Waals surface area contributed by atoms with Crippen LogP contribution in [0.1, 0.15) is 5.56 Å². The molecular weight excluding hydrogens is 182 g/mol. The molecule has 1 aromatic rings. The Balaban J connectivity index is 2.05. The lowest BCUT2D eigenvalue weighted by atomic mass is 10.1. The summed E-state index contributed by atoms with van der Waals surface area (Å²) in [5.41, 5.74) is 0.926. The van der Waals surface area contributed by atoms with Crippen molar-refractivity contribution in [1.82, 2.24) is 15.6 Å². The lowest BCUT2D eigenvalue weighted by Gasteiger charge is -2.05. The Bertz CT molecular complexity index is 364. The Labute approximate surface area is 80.5 Å². The Kier molecular flexibility index (Phi) is 2.14. The number of aromatic nitrogens is 1. The highest BCUT2D eigenvalue weighted by molar-refractivity contribution is 6.04. The minimum absolute atomic E-state index is 0.279. The molecule has 2 rings (SSSR count). The van der Waals surface area contributed by atoms with E-state index in [0.29, 0.717) is 6.42 Å². The summed E-state index contributed by atoms with van der Waals surface area (Å²) in [7, 11) is 0. The van der Waals surface area contributed by atoms with E-state index in [-0.39, 0.29) is 5.91 Å². The molecule has 2 heterocycles. The van der Waals surface area contributed by atoms with Crippen LogP contribution in [0.15, 0.2) is 24.5 Å². The van der Waals surface area contributed by atoms with Crippen molar-refractivity contribution in [2.24, 2.45) is 0 Å². The van der Waals surface area contributed by atoms with E-state index < -0.39 is 12.1 Å². The third-order valence-corrected chi connectivity index (χ3v) is 2.02. The molecule has 14 heavy (non-hydrogen) atoms. The van der Waals surface area contributed by atoms with Crippen molar-refractivity contribution in [3.63, 3.8) is 0 Å². The van der Waals surface area contributed by atoms with Gasteiger partial charge in [-0.3, -0.25) is 15.1 Å². The molecular formula is C9H9N3O2. The maximum absolute atomic E-state index is 11.2. The Morgan fingerprint density at radius 2 is 2.29 bits per heavy atom. The maximum atomic E-state index is 11.2. The molecule has 0 aliphatic carbocycles. The number of carbonyl (C=O) groups is 2. The van der Waals surface area contributed by atoms with Crippen molar-refractivity contribution >= 4 is 11.9 Å². The monoisotopic (exact) mass is 191 g/mol. The van der Waals surface area contributed by atoms with Gasteiger partial charge < -0.3 is 5.32 Å². The van der Waals surface area contributed by atoms with Crippen LogP contribution in [0.4, 0.5) is 4.79 Å². The van der Waals surface area contributed by atoms with Gasteiger partial charge in [0.15, 0.2) is 0 Å². The van der Waals surface area contributed by atoms with E-state index in [9.17, 15) is 9.59 Å². The normalized spacial score (nSPS) is 20.4. The molecule has 1 aliphatic rings. The minimum Gasteiger partial charge on any atom is -0.326 e. The molecule has 0 radical (unpaired) electrons. The molecule has 1 saturated heterocycles. The van der Waals surface area contributed by atoms with Gasteiger partial charge in [-0.2, -0.15) is 0 Å². The van der Waals surface area contributed by atoms with Crippen LogP contribution in [0.2, 0.25) is 0 Å². The molecule has 0 saturated carbocycles. The van der Waals surface area contributed by atoms with Crippen LogP contribution in [0.5, 0.6) is 0 Å². The molecule has 5 heteroatoms. The summed E-state index contributed by atoms with van der Waals surface area (Å²) >= 11 is 0. The lowest BCUT2D eigenvalue weighted by molar-refractivity contribution is -0.120. The third kappa shape index (κ3) is 1.71. The van der Waals surface area contributed by atoms with Crippen molar-refractivity contribution in [1.29, 1.82) is 0 Å². The number of imide groups is 1. The zero-order chi connectivity index (χ0) is 9.97. The first-order valence-corrected chi connectivity index (χ1v) is 4.26. The third-order valence-electron chi connectivity index (χ3n) is 2.02. The number of hydrogen-bond donors (Lipinski definition) is 2. The Morgan fingerprint density at radius 1 is 1.43 bits per heavy atom. The van der Waals surface area contributed by atoms with E-state index in [0.717, 1.165) is 5.56 Å². The summed E-state index contributed by atoms with van der Waals surface area (Å²) in [6.07, 6.45) is 3.82. The van der Waals surface area contributed by atoms with Crippen LogP contribution >= 0.6 is 0 Å². The van der Waals surface area contributed by atoms with Crippen LogP contribution < -0.4 is 10.6 Å². The zero-order valence-electron chi connectivity index (χ0n) is 7.36. The minimum atomic E-state index is -0.466. The van der Waals surface area contributed by atoms with Crippen LogP contribution in [-0.2, 0) is 11.2 Å². The lowest BCUT2D eigenvalue weighted by Crippen LogP contribution is -2.31. The fourth-order valence-corrected chi connectivity index (χ4v) is 1.36. The highest BCUT2D eigenvalue weighted by Gasteiger charge is 2.29. The van der Waals surface area contributed by atoms with Crippen LogP contribution in [-0.4, -0.2) is 23.0 Å². The van der Waals surface area contributed by atoms with Gasteiger partial charge in [0.25, 0.3) is 5.91 Å². The van der Waals surface area contributed by atoms with Gasteiger partial charge in [-0.25, -0.2) is 4.79 Å². The molecule has 1 fully saturated rings. The average Bonchev–Trinajstić information content (AvgIpc) is 2.47. The summed E-state index contributed by atoms with van der Waals surface area (Å²) in [6.45, 7) is 0. The van der Waals surface area contributed by atoms with Crippen molar-refractivity contribution in [2.45, 2.75) is 12.5 Å². The smallest absolute Gasteiger partial charge is 0.322 e. The molecule has 0 aromatic carbocycles. The number of nitrogens with zero attached hydrogens (tertiary/aromatic N) is 1. The molecule has 1 aromatic heterocycles. The van der Waals surface area contributed by atoms with Crippen LogP contribution in [0.25, 0.3) is 0 Å². The maximum Gasteiger partial charge on any atom is 0.322 e. The molecule has 1 unspecified atom stereocenters. The molecule has 1 atom stereocenters. The summed E-state index contributed by atoms with van der Waals surface area (Å²) in [4.78, 5) is 25.9. The summed E-state index contributed by atoms with van der Waals surface area (Å²) in [6, 6.07) is 2.77.